The average molecular weight is 453 g/mol. The number of carboxylic acid groups (broad SMARTS) is 1. The molecule has 0 atom stereocenters. The van der Waals surface area contributed by atoms with Gasteiger partial charge in [0.2, 0.25) is 11.9 Å². The second-order valence-electron chi connectivity index (χ2n) is 7.98. The van der Waals surface area contributed by atoms with Crippen LogP contribution in [0.5, 0.6) is 11.5 Å². The van der Waals surface area contributed by atoms with Crippen molar-refractivity contribution < 1.29 is 33.0 Å². The zero-order valence-electron chi connectivity index (χ0n) is 17.3. The molecule has 2 N–H and O–H groups in total. The number of anilines is 1. The number of carboxylic acids is 1. The summed E-state index contributed by atoms with van der Waals surface area (Å²) in [5.74, 6) is -1.59. The van der Waals surface area contributed by atoms with Crippen molar-refractivity contribution in [3.05, 3.63) is 65.4 Å². The number of nitrogens with one attached hydrogen (secondary N) is 1. The Morgan fingerprint density at radius 3 is 2.58 bits per heavy atom. The maximum Gasteiger partial charge on any atom is 0.586 e. The number of hydrogen-bond acceptors (Lipinski definition) is 6. The molecule has 10 heteroatoms. The van der Waals surface area contributed by atoms with E-state index >= 15 is 0 Å². The molecular weight excluding hydrogens is 436 g/mol. The van der Waals surface area contributed by atoms with E-state index in [1.807, 2.05) is 0 Å². The largest absolute Gasteiger partial charge is 0.586 e. The van der Waals surface area contributed by atoms with E-state index < -0.39 is 17.7 Å². The third-order valence-corrected chi connectivity index (χ3v) is 5.72. The minimum atomic E-state index is -3.73. The lowest BCUT2D eigenvalue weighted by atomic mass is 9.94. The number of hydrogen-bond donors (Lipinski definition) is 2. The molecule has 168 valence electrons. The van der Waals surface area contributed by atoms with Crippen LogP contribution in [0.2, 0.25) is 0 Å². The van der Waals surface area contributed by atoms with Gasteiger partial charge in [0, 0.05) is 11.8 Å². The smallest absolute Gasteiger partial charge is 0.478 e. The summed E-state index contributed by atoms with van der Waals surface area (Å²) < 4.78 is 35.6. The molecule has 33 heavy (non-hydrogen) atoms. The monoisotopic (exact) mass is 453 g/mol. The molecule has 0 spiro atoms. The summed E-state index contributed by atoms with van der Waals surface area (Å²) in [5, 5.41) is 11.9. The minimum Gasteiger partial charge on any atom is -0.478 e. The number of carbonyl (C=O) groups excluding carboxylic acids is 1. The number of ether oxygens (including phenoxy) is 2. The molecule has 1 fully saturated rings. The van der Waals surface area contributed by atoms with Gasteiger partial charge in [-0.25, -0.2) is 14.8 Å². The number of carbonyl (C=O) groups is 2. The number of amides is 1. The summed E-state index contributed by atoms with van der Waals surface area (Å²) in [5.41, 5.74) is 1.49. The van der Waals surface area contributed by atoms with E-state index in [0.29, 0.717) is 35.2 Å². The molecule has 1 aliphatic heterocycles. The van der Waals surface area contributed by atoms with Crippen molar-refractivity contribution >= 4 is 17.8 Å². The first-order valence-corrected chi connectivity index (χ1v) is 10.1. The van der Waals surface area contributed by atoms with E-state index in [0.717, 1.165) is 0 Å². The second kappa shape index (κ2) is 7.22. The number of aryl methyl sites for hydroxylation is 1. The summed E-state index contributed by atoms with van der Waals surface area (Å²) in [6, 6.07) is 10.6. The highest BCUT2D eigenvalue weighted by atomic mass is 19.3. The van der Waals surface area contributed by atoms with Gasteiger partial charge in [-0.15, -0.1) is 8.78 Å². The molecule has 2 aliphatic rings. The fourth-order valence-corrected chi connectivity index (χ4v) is 3.83. The van der Waals surface area contributed by atoms with Crippen LogP contribution >= 0.6 is 0 Å². The Labute approximate surface area is 186 Å². The summed E-state index contributed by atoms with van der Waals surface area (Å²) in [6.45, 7) is 1.78. The van der Waals surface area contributed by atoms with Crippen LogP contribution < -0.4 is 14.8 Å². The van der Waals surface area contributed by atoms with Crippen LogP contribution in [0.25, 0.3) is 11.3 Å². The van der Waals surface area contributed by atoms with Gasteiger partial charge < -0.3 is 14.6 Å². The Hall–Kier alpha value is -4.08. The molecule has 1 aliphatic carbocycles. The highest BCUT2D eigenvalue weighted by Crippen LogP contribution is 2.52. The van der Waals surface area contributed by atoms with Crippen molar-refractivity contribution in [2.75, 3.05) is 5.32 Å². The Bertz CT molecular complexity index is 1310. The Balaban J connectivity index is 1.40. The number of alkyl halides is 2. The van der Waals surface area contributed by atoms with Crippen LogP contribution in [0, 0.1) is 6.92 Å². The third kappa shape index (κ3) is 3.73. The molecule has 8 nitrogen and oxygen atoms in total. The number of fused-ring (bicyclic) bond motifs is 1. The van der Waals surface area contributed by atoms with Crippen molar-refractivity contribution in [2.45, 2.75) is 31.5 Å². The van der Waals surface area contributed by atoms with E-state index in [2.05, 4.69) is 24.8 Å². The van der Waals surface area contributed by atoms with E-state index in [1.54, 1.807) is 25.1 Å². The molecule has 0 saturated heterocycles. The summed E-state index contributed by atoms with van der Waals surface area (Å²) in [4.78, 5) is 33.0. The fraction of sp³-hybridized carbons (Fsp3) is 0.217. The quantitative estimate of drug-likeness (QED) is 0.597. The normalized spacial score (nSPS) is 16.8. The van der Waals surface area contributed by atoms with Gasteiger partial charge in [0.15, 0.2) is 11.5 Å². The lowest BCUT2D eigenvalue weighted by Crippen LogP contribution is -2.28. The highest BCUT2D eigenvalue weighted by Gasteiger charge is 2.53. The maximum atomic E-state index is 13.3. The van der Waals surface area contributed by atoms with E-state index in [9.17, 15) is 23.5 Å². The maximum absolute atomic E-state index is 13.3. The van der Waals surface area contributed by atoms with Crippen LogP contribution in [0.15, 0.2) is 48.7 Å². The fourth-order valence-electron chi connectivity index (χ4n) is 3.83. The molecule has 0 unspecified atom stereocenters. The Kier molecular flexibility index (Phi) is 4.55. The molecule has 5 rings (SSSR count). The van der Waals surface area contributed by atoms with Crippen molar-refractivity contribution in [1.82, 2.24) is 9.97 Å². The van der Waals surface area contributed by atoms with Gasteiger partial charge in [0.1, 0.15) is 0 Å². The molecule has 3 aromatic rings. The van der Waals surface area contributed by atoms with Crippen molar-refractivity contribution in [3.63, 3.8) is 0 Å². The summed E-state index contributed by atoms with van der Waals surface area (Å²) >= 11 is 0. The first-order chi connectivity index (χ1) is 15.7. The minimum absolute atomic E-state index is 0.0554. The van der Waals surface area contributed by atoms with Gasteiger partial charge in [0.05, 0.1) is 16.7 Å². The number of nitrogens with zero attached hydrogens (tertiary/aromatic N) is 2. The third-order valence-electron chi connectivity index (χ3n) is 5.72. The Morgan fingerprint density at radius 2 is 1.85 bits per heavy atom. The first kappa shape index (κ1) is 20.8. The predicted octanol–water partition coefficient (Wildman–Crippen LogP) is 4.14. The number of rotatable bonds is 5. The standard InChI is InChI=1S/C23H17F2N3O5/c1-12-11-26-21(27-18(12)13-3-2-4-14(9-13)19(29)30)28-20(31)22(7-8-22)15-5-6-16-17(10-15)33-23(24,25)32-16/h2-6,9-11H,7-8H2,1H3,(H,29,30)(H,26,27,28,31). The number of benzene rings is 2. The second-order valence-corrected chi connectivity index (χ2v) is 7.98. The van der Waals surface area contributed by atoms with Crippen LogP contribution in [0.1, 0.15) is 34.3 Å². The summed E-state index contributed by atoms with van der Waals surface area (Å²) in [7, 11) is 0. The first-order valence-electron chi connectivity index (χ1n) is 10.1. The lowest BCUT2D eigenvalue weighted by Gasteiger charge is -2.16. The van der Waals surface area contributed by atoms with Gasteiger partial charge >= 0.3 is 12.3 Å². The zero-order valence-corrected chi connectivity index (χ0v) is 17.3. The SMILES string of the molecule is Cc1cnc(NC(=O)C2(c3ccc4c(c3)OC(F)(F)O4)CC2)nc1-c1cccc(C(=O)O)c1. The molecule has 2 heterocycles. The van der Waals surface area contributed by atoms with Crippen molar-refractivity contribution in [3.8, 4) is 22.8 Å². The van der Waals surface area contributed by atoms with Crippen LogP contribution in [-0.2, 0) is 10.2 Å². The van der Waals surface area contributed by atoms with Gasteiger partial charge in [-0.3, -0.25) is 10.1 Å². The van der Waals surface area contributed by atoms with Crippen LogP contribution in [0.4, 0.5) is 14.7 Å². The topological polar surface area (TPSA) is 111 Å². The molecular formula is C23H17F2N3O5. The van der Waals surface area contributed by atoms with Crippen molar-refractivity contribution in [1.29, 1.82) is 0 Å². The van der Waals surface area contributed by atoms with Crippen molar-refractivity contribution in [2.24, 2.45) is 0 Å². The highest BCUT2D eigenvalue weighted by molar-refractivity contribution is 6.00. The average Bonchev–Trinajstić information content (AvgIpc) is 3.52. The van der Waals surface area contributed by atoms with E-state index in [4.69, 9.17) is 0 Å². The molecule has 1 saturated carbocycles. The lowest BCUT2D eigenvalue weighted by molar-refractivity contribution is -0.286. The van der Waals surface area contributed by atoms with Crippen LogP contribution in [-0.4, -0.2) is 33.2 Å². The number of aromatic carboxylic acids is 1. The zero-order chi connectivity index (χ0) is 23.4. The molecule has 1 amide bonds. The van der Waals surface area contributed by atoms with Gasteiger partial charge in [0.25, 0.3) is 0 Å². The van der Waals surface area contributed by atoms with Gasteiger partial charge in [-0.05, 0) is 55.2 Å². The van der Waals surface area contributed by atoms with Gasteiger partial charge in [-0.1, -0.05) is 18.2 Å². The molecule has 0 bridgehead atoms. The summed E-state index contributed by atoms with van der Waals surface area (Å²) in [6.07, 6.45) is -1.15. The van der Waals surface area contributed by atoms with Gasteiger partial charge in [-0.2, -0.15) is 0 Å². The number of aromatic nitrogens is 2. The Morgan fingerprint density at radius 1 is 1.09 bits per heavy atom. The number of halogens is 2. The van der Waals surface area contributed by atoms with E-state index in [-0.39, 0.29) is 28.9 Å². The predicted molar refractivity (Wildman–Crippen MR) is 111 cm³/mol. The molecule has 2 aromatic carbocycles. The van der Waals surface area contributed by atoms with E-state index in [1.165, 1.54) is 30.5 Å². The molecule has 1 aromatic heterocycles. The van der Waals surface area contributed by atoms with Crippen LogP contribution in [0.3, 0.4) is 0 Å². The molecule has 0 radical (unpaired) electrons.